The van der Waals surface area contributed by atoms with E-state index in [9.17, 15) is 0 Å². The molecule has 18 heavy (non-hydrogen) atoms. The minimum absolute atomic E-state index is 0.180. The molecule has 0 bridgehead atoms. The van der Waals surface area contributed by atoms with E-state index in [1.54, 1.807) is 0 Å². The van der Waals surface area contributed by atoms with Crippen LogP contribution in [0, 0.1) is 0 Å². The molecule has 0 aromatic heterocycles. The number of benzene rings is 1. The van der Waals surface area contributed by atoms with Gasteiger partial charge in [0, 0.05) is 31.9 Å². The molecule has 4 nitrogen and oxygen atoms in total. The van der Waals surface area contributed by atoms with Crippen molar-refractivity contribution in [3.05, 3.63) is 29.3 Å². The predicted octanol–water partition coefficient (Wildman–Crippen LogP) is 1.41. The standard InChI is InChI=1S/C14H21NO3/c1-15-10-12-4-2-5-14(13(12)11-15)18-9-8-17-7-3-6-16/h2,4-5,16H,3,6-11H2,1H3. The summed E-state index contributed by atoms with van der Waals surface area (Å²) in [5.41, 5.74) is 2.66. The summed E-state index contributed by atoms with van der Waals surface area (Å²) >= 11 is 0. The third-order valence-electron chi connectivity index (χ3n) is 3.03. The van der Waals surface area contributed by atoms with Gasteiger partial charge < -0.3 is 14.6 Å². The zero-order valence-corrected chi connectivity index (χ0v) is 10.9. The highest BCUT2D eigenvalue weighted by Crippen LogP contribution is 2.29. The van der Waals surface area contributed by atoms with Gasteiger partial charge in [-0.25, -0.2) is 0 Å². The predicted molar refractivity (Wildman–Crippen MR) is 69.6 cm³/mol. The summed E-state index contributed by atoms with van der Waals surface area (Å²) in [6.07, 6.45) is 0.686. The third kappa shape index (κ3) is 3.45. The van der Waals surface area contributed by atoms with E-state index < -0.39 is 0 Å². The van der Waals surface area contributed by atoms with Gasteiger partial charge in [-0.05, 0) is 25.1 Å². The smallest absolute Gasteiger partial charge is 0.124 e. The zero-order chi connectivity index (χ0) is 12.8. The van der Waals surface area contributed by atoms with Crippen LogP contribution in [-0.4, -0.2) is 43.5 Å². The number of rotatable bonds is 7. The Hall–Kier alpha value is -1.10. The van der Waals surface area contributed by atoms with Crippen molar-refractivity contribution in [2.45, 2.75) is 19.5 Å². The van der Waals surface area contributed by atoms with Crippen LogP contribution in [0.1, 0.15) is 17.5 Å². The average Bonchev–Trinajstić information content (AvgIpc) is 2.74. The minimum Gasteiger partial charge on any atom is -0.491 e. The van der Waals surface area contributed by atoms with Crippen molar-refractivity contribution in [2.24, 2.45) is 0 Å². The molecule has 1 aromatic carbocycles. The van der Waals surface area contributed by atoms with Crippen LogP contribution in [0.5, 0.6) is 5.75 Å². The Morgan fingerprint density at radius 1 is 1.22 bits per heavy atom. The first-order valence-electron chi connectivity index (χ1n) is 6.42. The summed E-state index contributed by atoms with van der Waals surface area (Å²) in [6, 6.07) is 6.22. The summed E-state index contributed by atoms with van der Waals surface area (Å²) in [7, 11) is 2.11. The number of aliphatic hydroxyl groups excluding tert-OH is 1. The van der Waals surface area contributed by atoms with Gasteiger partial charge in [0.1, 0.15) is 12.4 Å². The molecule has 1 N–H and O–H groups in total. The van der Waals surface area contributed by atoms with E-state index in [0.717, 1.165) is 18.8 Å². The summed E-state index contributed by atoms with van der Waals surface area (Å²) in [6.45, 7) is 3.86. The molecule has 2 rings (SSSR count). The highest BCUT2D eigenvalue weighted by Gasteiger charge is 2.18. The molecule has 0 unspecified atom stereocenters. The maximum atomic E-state index is 8.62. The molecule has 100 valence electrons. The quantitative estimate of drug-likeness (QED) is 0.744. The van der Waals surface area contributed by atoms with Gasteiger partial charge in [0.05, 0.1) is 6.61 Å². The second-order valence-electron chi connectivity index (χ2n) is 4.60. The summed E-state index contributed by atoms with van der Waals surface area (Å²) in [5.74, 6) is 0.975. The van der Waals surface area contributed by atoms with E-state index >= 15 is 0 Å². The number of ether oxygens (including phenoxy) is 2. The van der Waals surface area contributed by atoms with Gasteiger partial charge in [0.15, 0.2) is 0 Å². The van der Waals surface area contributed by atoms with E-state index in [-0.39, 0.29) is 6.61 Å². The van der Waals surface area contributed by atoms with Crippen LogP contribution in [0.25, 0.3) is 0 Å². The van der Waals surface area contributed by atoms with Crippen molar-refractivity contribution in [1.29, 1.82) is 0 Å². The van der Waals surface area contributed by atoms with Crippen LogP contribution in [0.3, 0.4) is 0 Å². The fourth-order valence-electron chi connectivity index (χ4n) is 2.17. The van der Waals surface area contributed by atoms with E-state index in [0.29, 0.717) is 26.2 Å². The van der Waals surface area contributed by atoms with Crippen LogP contribution in [0.15, 0.2) is 18.2 Å². The van der Waals surface area contributed by atoms with Gasteiger partial charge in [-0.1, -0.05) is 12.1 Å². The Balaban J connectivity index is 1.78. The second kappa shape index (κ2) is 6.73. The monoisotopic (exact) mass is 251 g/mol. The van der Waals surface area contributed by atoms with Crippen molar-refractivity contribution in [2.75, 3.05) is 33.5 Å². The lowest BCUT2D eigenvalue weighted by molar-refractivity contribution is 0.0880. The highest BCUT2D eigenvalue weighted by atomic mass is 16.5. The van der Waals surface area contributed by atoms with Gasteiger partial charge >= 0.3 is 0 Å². The molecule has 0 spiro atoms. The molecular formula is C14H21NO3. The lowest BCUT2D eigenvalue weighted by Gasteiger charge is -2.10. The van der Waals surface area contributed by atoms with Crippen molar-refractivity contribution >= 4 is 0 Å². The lowest BCUT2D eigenvalue weighted by Crippen LogP contribution is -2.10. The SMILES string of the molecule is CN1Cc2cccc(OCCOCCCO)c2C1. The van der Waals surface area contributed by atoms with Crippen LogP contribution in [0.2, 0.25) is 0 Å². The number of fused-ring (bicyclic) bond motifs is 1. The molecule has 1 aliphatic heterocycles. The van der Waals surface area contributed by atoms with Crippen LogP contribution in [-0.2, 0) is 17.8 Å². The second-order valence-corrected chi connectivity index (χ2v) is 4.60. The van der Waals surface area contributed by atoms with Gasteiger partial charge in [-0.15, -0.1) is 0 Å². The van der Waals surface area contributed by atoms with Gasteiger partial charge in [-0.2, -0.15) is 0 Å². The molecule has 0 amide bonds. The highest BCUT2D eigenvalue weighted by molar-refractivity contribution is 5.42. The first-order chi connectivity index (χ1) is 8.81. The Morgan fingerprint density at radius 3 is 2.94 bits per heavy atom. The molecule has 1 aromatic rings. The average molecular weight is 251 g/mol. The van der Waals surface area contributed by atoms with Gasteiger partial charge in [0.25, 0.3) is 0 Å². The first kappa shape index (κ1) is 13.3. The largest absolute Gasteiger partial charge is 0.491 e. The van der Waals surface area contributed by atoms with Gasteiger partial charge in [0.2, 0.25) is 0 Å². The van der Waals surface area contributed by atoms with E-state index in [4.69, 9.17) is 14.6 Å². The number of nitrogens with zero attached hydrogens (tertiary/aromatic N) is 1. The molecule has 0 radical (unpaired) electrons. The molecule has 1 heterocycles. The van der Waals surface area contributed by atoms with E-state index in [1.165, 1.54) is 11.1 Å². The Kier molecular flexibility index (Phi) is 4.99. The molecule has 0 aliphatic carbocycles. The van der Waals surface area contributed by atoms with E-state index in [1.807, 2.05) is 12.1 Å². The van der Waals surface area contributed by atoms with Crippen molar-refractivity contribution in [1.82, 2.24) is 4.90 Å². The van der Waals surface area contributed by atoms with Crippen LogP contribution >= 0.6 is 0 Å². The molecule has 0 atom stereocenters. The van der Waals surface area contributed by atoms with Crippen LogP contribution in [0.4, 0.5) is 0 Å². The number of hydrogen-bond donors (Lipinski definition) is 1. The maximum Gasteiger partial charge on any atom is 0.124 e. The fourth-order valence-corrected chi connectivity index (χ4v) is 2.17. The lowest BCUT2D eigenvalue weighted by atomic mass is 10.1. The Morgan fingerprint density at radius 2 is 2.11 bits per heavy atom. The van der Waals surface area contributed by atoms with Crippen molar-refractivity contribution in [3.63, 3.8) is 0 Å². The normalized spacial score (nSPS) is 14.8. The number of hydrogen-bond acceptors (Lipinski definition) is 4. The maximum absolute atomic E-state index is 8.62. The molecule has 4 heteroatoms. The Labute approximate surface area is 108 Å². The van der Waals surface area contributed by atoms with Crippen LogP contribution < -0.4 is 4.74 Å². The minimum atomic E-state index is 0.180. The van der Waals surface area contributed by atoms with E-state index in [2.05, 4.69) is 18.0 Å². The number of aliphatic hydroxyl groups is 1. The zero-order valence-electron chi connectivity index (χ0n) is 10.9. The van der Waals surface area contributed by atoms with Crippen molar-refractivity contribution in [3.8, 4) is 5.75 Å². The summed E-state index contributed by atoms with van der Waals surface area (Å²) in [5, 5.41) is 8.62. The Bertz CT molecular complexity index is 381. The fraction of sp³-hybridized carbons (Fsp3) is 0.571. The molecule has 0 saturated heterocycles. The summed E-state index contributed by atoms with van der Waals surface area (Å²) < 4.78 is 11.1. The molecule has 1 aliphatic rings. The molecular weight excluding hydrogens is 230 g/mol. The van der Waals surface area contributed by atoms with Gasteiger partial charge in [-0.3, -0.25) is 4.90 Å². The van der Waals surface area contributed by atoms with Crippen molar-refractivity contribution < 1.29 is 14.6 Å². The molecule has 0 saturated carbocycles. The third-order valence-corrected chi connectivity index (χ3v) is 3.03. The topological polar surface area (TPSA) is 41.9 Å². The first-order valence-corrected chi connectivity index (χ1v) is 6.42. The molecule has 0 fully saturated rings. The summed E-state index contributed by atoms with van der Waals surface area (Å²) in [4.78, 5) is 2.27.